The summed E-state index contributed by atoms with van der Waals surface area (Å²) < 4.78 is 0. The summed E-state index contributed by atoms with van der Waals surface area (Å²) in [6.45, 7) is 0. The van der Waals surface area contributed by atoms with Gasteiger partial charge in [0.05, 0.1) is 5.54 Å². The highest BCUT2D eigenvalue weighted by Crippen LogP contribution is 2.36. The molecule has 2 saturated carbocycles. The first-order valence-corrected chi connectivity index (χ1v) is 9.23. The molecule has 6 heteroatoms. The van der Waals surface area contributed by atoms with Gasteiger partial charge in [-0.1, -0.05) is 25.7 Å². The number of likely N-dealkylation sites (N-methyl/N-ethyl adjacent to an activating group) is 1. The van der Waals surface area contributed by atoms with Crippen LogP contribution < -0.4 is 16.0 Å². The lowest BCUT2D eigenvalue weighted by Crippen LogP contribution is -2.57. The fourth-order valence-corrected chi connectivity index (χ4v) is 4.61. The third kappa shape index (κ3) is 3.29. The van der Waals surface area contributed by atoms with Gasteiger partial charge >= 0.3 is 5.97 Å². The van der Waals surface area contributed by atoms with E-state index < -0.39 is 17.6 Å². The van der Waals surface area contributed by atoms with Crippen molar-refractivity contribution in [2.75, 3.05) is 7.05 Å². The van der Waals surface area contributed by atoms with E-state index in [0.717, 1.165) is 44.1 Å². The van der Waals surface area contributed by atoms with Crippen LogP contribution in [0.25, 0.3) is 0 Å². The van der Waals surface area contributed by atoms with Crippen LogP contribution in [0.15, 0.2) is 11.8 Å². The van der Waals surface area contributed by atoms with Crippen molar-refractivity contribution in [1.82, 2.24) is 16.0 Å². The molecule has 1 amide bonds. The van der Waals surface area contributed by atoms with E-state index in [1.807, 2.05) is 6.20 Å². The third-order valence-electron chi connectivity index (χ3n) is 6.14. The quantitative estimate of drug-likeness (QED) is 0.591. The Morgan fingerprint density at radius 3 is 2.67 bits per heavy atom. The highest BCUT2D eigenvalue weighted by molar-refractivity contribution is 5.90. The summed E-state index contributed by atoms with van der Waals surface area (Å²) in [5, 5.41) is 18.9. The molecule has 6 nitrogen and oxygen atoms in total. The summed E-state index contributed by atoms with van der Waals surface area (Å²) in [7, 11) is 1.79. The van der Waals surface area contributed by atoms with Crippen LogP contribution in [0.5, 0.6) is 0 Å². The van der Waals surface area contributed by atoms with E-state index >= 15 is 0 Å². The molecule has 0 spiro atoms. The zero-order valence-electron chi connectivity index (χ0n) is 14.4. The molecule has 0 aromatic carbocycles. The second-order valence-corrected chi connectivity index (χ2v) is 7.49. The maximum atomic E-state index is 12.7. The molecule has 0 saturated heterocycles. The van der Waals surface area contributed by atoms with E-state index in [0.29, 0.717) is 18.4 Å². The van der Waals surface area contributed by atoms with Gasteiger partial charge in [-0.15, -0.1) is 0 Å². The van der Waals surface area contributed by atoms with Crippen LogP contribution in [0.1, 0.15) is 57.8 Å². The average molecular weight is 335 g/mol. The molecule has 0 aromatic heterocycles. The maximum Gasteiger partial charge on any atom is 0.326 e. The van der Waals surface area contributed by atoms with Gasteiger partial charge in [0, 0.05) is 18.4 Å². The van der Waals surface area contributed by atoms with Crippen LogP contribution in [0, 0.1) is 5.92 Å². The first-order chi connectivity index (χ1) is 11.6. The lowest BCUT2D eigenvalue weighted by atomic mass is 9.80. The number of rotatable bonds is 6. The van der Waals surface area contributed by atoms with Crippen molar-refractivity contribution in [1.29, 1.82) is 0 Å². The molecule has 2 unspecified atom stereocenters. The number of carboxylic acid groups (broad SMARTS) is 1. The lowest BCUT2D eigenvalue weighted by molar-refractivity contribution is -0.143. The van der Waals surface area contributed by atoms with Crippen molar-refractivity contribution in [3.63, 3.8) is 0 Å². The van der Waals surface area contributed by atoms with E-state index in [1.165, 1.54) is 12.8 Å². The summed E-state index contributed by atoms with van der Waals surface area (Å²) in [5.74, 6) is -0.684. The molecule has 0 bridgehead atoms. The molecule has 0 radical (unpaired) electrons. The zero-order valence-corrected chi connectivity index (χ0v) is 14.4. The Morgan fingerprint density at radius 1 is 1.29 bits per heavy atom. The largest absolute Gasteiger partial charge is 0.480 e. The molecule has 2 fully saturated rings. The SMILES string of the molecule is CNC1(C(=O)N[C@H](CC2=CNC3CCCCC23)C(=O)O)CCCC1. The Labute approximate surface area is 143 Å². The summed E-state index contributed by atoms with van der Waals surface area (Å²) in [6.07, 6.45) is 10.7. The van der Waals surface area contributed by atoms with E-state index in [2.05, 4.69) is 16.0 Å². The van der Waals surface area contributed by atoms with E-state index in [1.54, 1.807) is 7.05 Å². The number of hydrogen-bond donors (Lipinski definition) is 4. The predicted molar refractivity (Wildman–Crippen MR) is 91.4 cm³/mol. The molecule has 0 aromatic rings. The first kappa shape index (κ1) is 17.3. The number of amides is 1. The molecular formula is C18H29N3O3. The Bertz CT molecular complexity index is 526. The number of aliphatic carboxylic acids is 1. The van der Waals surface area contributed by atoms with Crippen molar-refractivity contribution < 1.29 is 14.7 Å². The summed E-state index contributed by atoms with van der Waals surface area (Å²) in [5.41, 5.74) is 0.556. The van der Waals surface area contributed by atoms with Gasteiger partial charge in [-0.2, -0.15) is 0 Å². The van der Waals surface area contributed by atoms with Gasteiger partial charge in [0.15, 0.2) is 0 Å². The van der Waals surface area contributed by atoms with Crippen LogP contribution in [-0.4, -0.2) is 41.7 Å². The zero-order chi connectivity index (χ0) is 17.2. The van der Waals surface area contributed by atoms with Crippen LogP contribution in [0.4, 0.5) is 0 Å². The number of carboxylic acids is 1. The molecule has 1 heterocycles. The number of carbonyl (C=O) groups is 2. The average Bonchev–Trinajstić information content (AvgIpc) is 3.22. The second-order valence-electron chi connectivity index (χ2n) is 7.49. The third-order valence-corrected chi connectivity index (χ3v) is 6.14. The minimum atomic E-state index is -0.951. The van der Waals surface area contributed by atoms with Gasteiger partial charge in [-0.05, 0) is 44.5 Å². The van der Waals surface area contributed by atoms with Crippen molar-refractivity contribution in [2.45, 2.75) is 75.4 Å². The molecule has 1 aliphatic heterocycles. The molecule has 4 N–H and O–H groups in total. The minimum Gasteiger partial charge on any atom is -0.480 e. The number of fused-ring (bicyclic) bond motifs is 1. The van der Waals surface area contributed by atoms with Crippen molar-refractivity contribution in [3.8, 4) is 0 Å². The number of nitrogens with one attached hydrogen (secondary N) is 3. The molecule has 24 heavy (non-hydrogen) atoms. The van der Waals surface area contributed by atoms with Crippen molar-refractivity contribution in [3.05, 3.63) is 11.8 Å². The standard InChI is InChI=1S/C18H29N3O3/c1-19-18(8-4-5-9-18)17(24)21-15(16(22)23)10-12-11-20-14-7-3-2-6-13(12)14/h11,13-15,19-20H,2-10H2,1H3,(H,21,24)(H,22,23)/t13?,14?,15-/m1/s1. The van der Waals surface area contributed by atoms with Crippen LogP contribution in [0.3, 0.4) is 0 Å². The van der Waals surface area contributed by atoms with Crippen molar-refractivity contribution in [2.24, 2.45) is 5.92 Å². The fraction of sp³-hybridized carbons (Fsp3) is 0.778. The van der Waals surface area contributed by atoms with Gasteiger partial charge in [0.1, 0.15) is 6.04 Å². The molecule has 2 aliphatic carbocycles. The van der Waals surface area contributed by atoms with E-state index in [-0.39, 0.29) is 5.91 Å². The van der Waals surface area contributed by atoms with Crippen LogP contribution in [0.2, 0.25) is 0 Å². The normalized spacial score (nSPS) is 29.3. The Hall–Kier alpha value is -1.56. The first-order valence-electron chi connectivity index (χ1n) is 9.23. The molecule has 3 atom stereocenters. The van der Waals surface area contributed by atoms with Gasteiger partial charge in [0.25, 0.3) is 0 Å². The summed E-state index contributed by atoms with van der Waals surface area (Å²) >= 11 is 0. The highest BCUT2D eigenvalue weighted by Gasteiger charge is 2.42. The van der Waals surface area contributed by atoms with Gasteiger partial charge in [-0.3, -0.25) is 4.79 Å². The molecule has 3 rings (SSSR count). The van der Waals surface area contributed by atoms with E-state index in [9.17, 15) is 14.7 Å². The van der Waals surface area contributed by atoms with Gasteiger partial charge in [-0.25, -0.2) is 4.79 Å². The van der Waals surface area contributed by atoms with Crippen LogP contribution >= 0.6 is 0 Å². The summed E-state index contributed by atoms with van der Waals surface area (Å²) in [6, 6.07) is -0.394. The van der Waals surface area contributed by atoms with Gasteiger partial charge in [0.2, 0.25) is 5.91 Å². The summed E-state index contributed by atoms with van der Waals surface area (Å²) in [4.78, 5) is 24.4. The van der Waals surface area contributed by atoms with Crippen LogP contribution in [-0.2, 0) is 9.59 Å². The van der Waals surface area contributed by atoms with Gasteiger partial charge < -0.3 is 21.1 Å². The monoisotopic (exact) mass is 335 g/mol. The maximum absolute atomic E-state index is 12.7. The smallest absolute Gasteiger partial charge is 0.326 e. The Balaban J connectivity index is 1.65. The van der Waals surface area contributed by atoms with Crippen molar-refractivity contribution >= 4 is 11.9 Å². The predicted octanol–water partition coefficient (Wildman–Crippen LogP) is 1.52. The Morgan fingerprint density at radius 2 is 2.00 bits per heavy atom. The lowest BCUT2D eigenvalue weighted by Gasteiger charge is -2.30. The number of carbonyl (C=O) groups excluding carboxylic acids is 1. The highest BCUT2D eigenvalue weighted by atomic mass is 16.4. The second kappa shape index (κ2) is 7.13. The topological polar surface area (TPSA) is 90.5 Å². The molecule has 3 aliphatic rings. The Kier molecular flexibility index (Phi) is 5.13. The fourth-order valence-electron chi connectivity index (χ4n) is 4.61. The minimum absolute atomic E-state index is 0.165. The number of hydrogen-bond acceptors (Lipinski definition) is 4. The van der Waals surface area contributed by atoms with E-state index in [4.69, 9.17) is 0 Å². The molecular weight excluding hydrogens is 306 g/mol. The molecule has 134 valence electrons.